The van der Waals surface area contributed by atoms with Gasteiger partial charge in [0.2, 0.25) is 0 Å². The van der Waals surface area contributed by atoms with Crippen molar-refractivity contribution in [3.05, 3.63) is 29.3 Å². The fraction of sp³-hybridized carbons (Fsp3) is 0.455. The van der Waals surface area contributed by atoms with Crippen molar-refractivity contribution in [2.75, 3.05) is 0 Å². The van der Waals surface area contributed by atoms with Crippen molar-refractivity contribution in [3.63, 3.8) is 0 Å². The summed E-state index contributed by atoms with van der Waals surface area (Å²) in [7, 11) is 0. The Morgan fingerprint density at radius 1 is 1.17 bits per heavy atom. The average molecular weight is 227 g/mol. The number of rotatable bonds is 0. The van der Waals surface area contributed by atoms with Gasteiger partial charge in [0.1, 0.15) is 0 Å². The number of benzene rings is 1. The van der Waals surface area contributed by atoms with Crippen LogP contribution >= 0.6 is 0 Å². The van der Waals surface area contributed by atoms with Gasteiger partial charge in [-0.15, -0.1) is 0 Å². The molecule has 0 aliphatic rings. The van der Waals surface area contributed by atoms with Gasteiger partial charge in [0.25, 0.3) is 0 Å². The van der Waals surface area contributed by atoms with Crippen molar-refractivity contribution in [1.82, 2.24) is 0 Å². The van der Waals surface area contributed by atoms with Gasteiger partial charge in [-0.25, -0.2) is 0 Å². The first-order valence-electron chi connectivity index (χ1n) is 4.22. The van der Waals surface area contributed by atoms with E-state index in [1.807, 2.05) is 0 Å². The summed E-state index contributed by atoms with van der Waals surface area (Å²) in [4.78, 5) is 0. The predicted octanol–water partition coefficient (Wildman–Crippen LogP) is 1.82. The third-order valence-corrected chi connectivity index (χ3v) is 2.78. The van der Waals surface area contributed by atoms with E-state index in [-0.39, 0.29) is 5.41 Å². The van der Waals surface area contributed by atoms with E-state index in [1.54, 1.807) is 0 Å². The van der Waals surface area contributed by atoms with Crippen LogP contribution in [0.4, 0.5) is 0 Å². The molecule has 0 nitrogen and oxygen atoms in total. The summed E-state index contributed by atoms with van der Waals surface area (Å²) in [5.74, 6) is 0. The van der Waals surface area contributed by atoms with E-state index in [0.29, 0.717) is 0 Å². The van der Waals surface area contributed by atoms with E-state index in [9.17, 15) is 0 Å². The minimum atomic E-state index is 0.258. The van der Waals surface area contributed by atoms with E-state index in [1.165, 1.54) is 15.6 Å². The molecule has 0 bridgehead atoms. The zero-order chi connectivity index (χ0) is 9.35. The summed E-state index contributed by atoms with van der Waals surface area (Å²) in [5, 5.41) is 0. The van der Waals surface area contributed by atoms with Gasteiger partial charge in [0, 0.05) is 0 Å². The third kappa shape index (κ3) is 1.91. The molecule has 1 heteroatoms. The van der Waals surface area contributed by atoms with Gasteiger partial charge in [0.15, 0.2) is 0 Å². The summed E-state index contributed by atoms with van der Waals surface area (Å²) in [6.45, 7) is 8.95. The molecule has 12 heavy (non-hydrogen) atoms. The Balaban J connectivity index is 3.31. The first-order chi connectivity index (χ1) is 5.43. The van der Waals surface area contributed by atoms with Gasteiger partial charge in [0.05, 0.1) is 0 Å². The van der Waals surface area contributed by atoms with Crippen molar-refractivity contribution in [3.8, 4) is 0 Å². The zero-order valence-corrected chi connectivity index (χ0v) is 10.1. The molecular formula is C11H16Se. The van der Waals surface area contributed by atoms with Crippen LogP contribution in [0.3, 0.4) is 0 Å². The first-order valence-corrected chi connectivity index (χ1v) is 5.16. The predicted molar refractivity (Wildman–Crippen MR) is 56.7 cm³/mol. The van der Waals surface area contributed by atoms with Crippen molar-refractivity contribution >= 4 is 20.5 Å². The standard InChI is InChI=1S/C11H16Se/c1-8-6-5-7-9(12)10(8)11(2,3)4/h5-7,12H,1-4H3. The number of aryl methyl sites for hydroxylation is 1. The molecule has 0 aliphatic heterocycles. The second-order valence-electron chi connectivity index (χ2n) is 4.22. The molecule has 1 rings (SSSR count). The molecule has 1 aromatic carbocycles. The van der Waals surface area contributed by atoms with Gasteiger partial charge < -0.3 is 0 Å². The van der Waals surface area contributed by atoms with Gasteiger partial charge in [-0.05, 0) is 0 Å². The molecule has 0 atom stereocenters. The van der Waals surface area contributed by atoms with E-state index < -0.39 is 0 Å². The molecule has 66 valence electrons. The van der Waals surface area contributed by atoms with Crippen molar-refractivity contribution in [2.45, 2.75) is 33.1 Å². The van der Waals surface area contributed by atoms with Gasteiger partial charge in [-0.2, -0.15) is 0 Å². The van der Waals surface area contributed by atoms with Gasteiger partial charge in [-0.3, -0.25) is 0 Å². The van der Waals surface area contributed by atoms with E-state index in [0.717, 1.165) is 0 Å². The van der Waals surface area contributed by atoms with Crippen LogP contribution in [-0.4, -0.2) is 16.0 Å². The Labute approximate surface area is 83.2 Å². The summed E-state index contributed by atoms with van der Waals surface area (Å²) < 4.78 is 1.34. The molecular weight excluding hydrogens is 211 g/mol. The van der Waals surface area contributed by atoms with Crippen LogP contribution in [0, 0.1) is 6.92 Å². The fourth-order valence-electron chi connectivity index (χ4n) is 1.63. The molecule has 0 unspecified atom stereocenters. The number of hydrogen-bond acceptors (Lipinski definition) is 0. The maximum atomic E-state index is 2.65. The fourth-order valence-corrected chi connectivity index (χ4v) is 2.88. The van der Waals surface area contributed by atoms with Crippen LogP contribution in [0.2, 0.25) is 0 Å². The molecule has 0 heterocycles. The molecule has 0 radical (unpaired) electrons. The molecule has 0 amide bonds. The molecule has 0 aromatic heterocycles. The third-order valence-electron chi connectivity index (χ3n) is 2.00. The summed E-state index contributed by atoms with van der Waals surface area (Å²) in [6.07, 6.45) is 0. The van der Waals surface area contributed by atoms with Crippen molar-refractivity contribution < 1.29 is 0 Å². The second-order valence-corrected chi connectivity index (χ2v) is 5.23. The van der Waals surface area contributed by atoms with Crippen LogP contribution in [0.25, 0.3) is 0 Å². The van der Waals surface area contributed by atoms with Crippen LogP contribution in [-0.2, 0) is 5.41 Å². The Morgan fingerprint density at radius 2 is 1.75 bits per heavy atom. The van der Waals surface area contributed by atoms with Gasteiger partial charge >= 0.3 is 82.9 Å². The SMILES string of the molecule is Cc1cccc([SeH])c1C(C)(C)C. The van der Waals surface area contributed by atoms with E-state index in [2.05, 4.69) is 61.9 Å². The summed E-state index contributed by atoms with van der Waals surface area (Å²) >= 11 is 2.65. The average Bonchev–Trinajstić information content (AvgIpc) is 1.82. The quantitative estimate of drug-likeness (QED) is 0.593. The Hall–Kier alpha value is -0.261. The van der Waals surface area contributed by atoms with Crippen LogP contribution in [0.5, 0.6) is 0 Å². The van der Waals surface area contributed by atoms with E-state index in [4.69, 9.17) is 0 Å². The molecule has 0 spiro atoms. The number of hydrogen-bond donors (Lipinski definition) is 0. The summed E-state index contributed by atoms with van der Waals surface area (Å²) in [6, 6.07) is 6.45. The molecule has 0 fully saturated rings. The first kappa shape index (κ1) is 9.82. The van der Waals surface area contributed by atoms with Gasteiger partial charge in [-0.1, -0.05) is 0 Å². The van der Waals surface area contributed by atoms with Crippen LogP contribution in [0.1, 0.15) is 31.9 Å². The summed E-state index contributed by atoms with van der Waals surface area (Å²) in [5.41, 5.74) is 3.11. The Morgan fingerprint density at radius 3 is 2.08 bits per heavy atom. The maximum absolute atomic E-state index is 2.65. The second kappa shape index (κ2) is 3.24. The Kier molecular flexibility index (Phi) is 2.65. The molecule has 0 saturated heterocycles. The zero-order valence-electron chi connectivity index (χ0n) is 8.18. The monoisotopic (exact) mass is 228 g/mol. The topological polar surface area (TPSA) is 0 Å². The van der Waals surface area contributed by atoms with Crippen LogP contribution in [0.15, 0.2) is 18.2 Å². The molecule has 0 saturated carbocycles. The minimum absolute atomic E-state index is 0.258. The Bertz CT molecular complexity index is 261. The van der Waals surface area contributed by atoms with Crippen molar-refractivity contribution in [2.24, 2.45) is 0 Å². The van der Waals surface area contributed by atoms with Crippen LogP contribution < -0.4 is 4.46 Å². The molecule has 0 aliphatic carbocycles. The van der Waals surface area contributed by atoms with E-state index >= 15 is 0 Å². The normalized spacial score (nSPS) is 11.8. The van der Waals surface area contributed by atoms with Crippen molar-refractivity contribution in [1.29, 1.82) is 0 Å². The molecule has 1 aromatic rings. The molecule has 0 N–H and O–H groups in total.